The molecule has 0 bridgehead atoms. The van der Waals surface area contributed by atoms with E-state index in [1.54, 1.807) is 41.5 Å². The molecule has 1 saturated heterocycles. The summed E-state index contributed by atoms with van der Waals surface area (Å²) in [7, 11) is 0. The number of benzene rings is 1. The Balaban J connectivity index is 2.38. The van der Waals surface area contributed by atoms with Gasteiger partial charge in [0.15, 0.2) is 0 Å². The van der Waals surface area contributed by atoms with E-state index in [0.717, 1.165) is 6.92 Å². The number of hydrogen-bond acceptors (Lipinski definition) is 15. The molecule has 17 N–H and O–H groups in total. The van der Waals surface area contributed by atoms with Crippen molar-refractivity contribution in [3.05, 3.63) is 29.8 Å². The van der Waals surface area contributed by atoms with Gasteiger partial charge in [-0.3, -0.25) is 52.7 Å². The SMILES string of the molecule is CC[C@H](C)[C@H](NC(=O)[C@H](Cc1ccc(O)cc1)NC(=O)[C@@H](N)CC(=O)O)C(=O)N[C@@H](CC(N)=O)C(=O)N[C@H](C(=O)N[C@@H](CC(N)=O)C(=O)N[C@@H](CC(C)C)C(=O)N[C@H](C(=O)N1CCC[C@H]1C(=O)O)C(C)C)[C@@H](C)O. The van der Waals surface area contributed by atoms with Crippen molar-refractivity contribution in [1.82, 2.24) is 42.1 Å². The summed E-state index contributed by atoms with van der Waals surface area (Å²) in [6.07, 6.45) is -3.74. The fourth-order valence-electron chi connectivity index (χ4n) is 7.80. The Morgan fingerprint density at radius 2 is 1.08 bits per heavy atom. The van der Waals surface area contributed by atoms with Crippen LogP contribution in [0, 0.1) is 17.8 Å². The van der Waals surface area contributed by atoms with Crippen LogP contribution in [0.25, 0.3) is 0 Å². The zero-order chi connectivity index (χ0) is 56.3. The molecule has 11 atom stereocenters. The molecule has 0 spiro atoms. The molecule has 1 aliphatic heterocycles. The molecule has 1 fully saturated rings. The number of likely N-dealkylation sites (tertiary alicyclic amines) is 1. The summed E-state index contributed by atoms with van der Waals surface area (Å²) in [5, 5.41) is 56.0. The summed E-state index contributed by atoms with van der Waals surface area (Å²) >= 11 is 0. The molecule has 1 aromatic carbocycles. The van der Waals surface area contributed by atoms with E-state index in [2.05, 4.69) is 37.2 Å². The van der Waals surface area contributed by atoms with Gasteiger partial charge in [-0.1, -0.05) is 60.1 Å². The zero-order valence-corrected chi connectivity index (χ0v) is 42.5. The van der Waals surface area contributed by atoms with Gasteiger partial charge in [-0.2, -0.15) is 0 Å². The van der Waals surface area contributed by atoms with Crippen molar-refractivity contribution in [2.45, 2.75) is 160 Å². The first-order valence-corrected chi connectivity index (χ1v) is 24.1. The van der Waals surface area contributed by atoms with E-state index in [-0.39, 0.29) is 43.9 Å². The summed E-state index contributed by atoms with van der Waals surface area (Å²) in [6, 6.07) is -8.47. The number of rotatable bonds is 30. The molecule has 1 aliphatic rings. The van der Waals surface area contributed by atoms with E-state index in [1.165, 1.54) is 29.2 Å². The number of phenolic OH excluding ortho intramolecular Hbond substituents is 1. The van der Waals surface area contributed by atoms with Gasteiger partial charge in [0.25, 0.3) is 0 Å². The molecule has 0 radical (unpaired) electrons. The number of amides is 10. The molecule has 2 rings (SSSR count). The lowest BCUT2D eigenvalue weighted by atomic mass is 9.96. The third-order valence-electron chi connectivity index (χ3n) is 12.1. The molecule has 27 heteroatoms. The Morgan fingerprint density at radius 1 is 0.622 bits per heavy atom. The lowest BCUT2D eigenvalue weighted by molar-refractivity contribution is -0.150. The van der Waals surface area contributed by atoms with Crippen LogP contribution in [0.15, 0.2) is 24.3 Å². The summed E-state index contributed by atoms with van der Waals surface area (Å²) in [4.78, 5) is 159. The largest absolute Gasteiger partial charge is 0.508 e. The van der Waals surface area contributed by atoms with E-state index >= 15 is 0 Å². The van der Waals surface area contributed by atoms with Crippen LogP contribution in [-0.2, 0) is 64.0 Å². The lowest BCUT2D eigenvalue weighted by Crippen LogP contribution is -2.63. The summed E-state index contributed by atoms with van der Waals surface area (Å²) in [6.45, 7) is 11.1. The van der Waals surface area contributed by atoms with Crippen LogP contribution < -0.4 is 54.4 Å². The quantitative estimate of drug-likeness (QED) is 0.0350. The van der Waals surface area contributed by atoms with Crippen molar-refractivity contribution in [3.63, 3.8) is 0 Å². The van der Waals surface area contributed by atoms with Gasteiger partial charge in [0.2, 0.25) is 59.1 Å². The van der Waals surface area contributed by atoms with Crippen molar-refractivity contribution >= 4 is 71.0 Å². The van der Waals surface area contributed by atoms with E-state index in [4.69, 9.17) is 22.3 Å². The molecule has 0 aliphatic carbocycles. The predicted molar refractivity (Wildman–Crippen MR) is 261 cm³/mol. The number of carboxylic acids is 2. The Kier molecular flexibility index (Phi) is 24.8. The second kappa shape index (κ2) is 29.3. The van der Waals surface area contributed by atoms with E-state index in [0.29, 0.717) is 12.0 Å². The first-order valence-electron chi connectivity index (χ1n) is 24.1. The van der Waals surface area contributed by atoms with Gasteiger partial charge in [-0.25, -0.2) is 4.79 Å². The smallest absolute Gasteiger partial charge is 0.326 e. The number of nitrogens with two attached hydrogens (primary N) is 3. The van der Waals surface area contributed by atoms with Crippen molar-refractivity contribution in [3.8, 4) is 5.75 Å². The second-order valence-electron chi connectivity index (χ2n) is 19.1. The van der Waals surface area contributed by atoms with Gasteiger partial charge in [0.1, 0.15) is 54.1 Å². The average molecular weight is 1050 g/mol. The maximum absolute atomic E-state index is 14.0. The molecular formula is C47H73N11O16. The van der Waals surface area contributed by atoms with Crippen LogP contribution >= 0.6 is 0 Å². The van der Waals surface area contributed by atoms with Gasteiger partial charge >= 0.3 is 11.9 Å². The number of phenols is 1. The third kappa shape index (κ3) is 19.9. The highest BCUT2D eigenvalue weighted by molar-refractivity contribution is 6.00. The number of aromatic hydroxyl groups is 1. The second-order valence-corrected chi connectivity index (χ2v) is 19.1. The number of aliphatic hydroxyl groups excluding tert-OH is 1. The Hall–Kier alpha value is -7.42. The first-order chi connectivity index (χ1) is 34.5. The van der Waals surface area contributed by atoms with Gasteiger partial charge in [-0.05, 0) is 61.6 Å². The van der Waals surface area contributed by atoms with Gasteiger partial charge in [0.05, 0.1) is 31.4 Å². The maximum Gasteiger partial charge on any atom is 0.326 e. The number of primary amides is 2. The van der Waals surface area contributed by atoms with Crippen LogP contribution in [-0.4, -0.2) is 163 Å². The Bertz CT molecular complexity index is 2210. The number of carbonyl (C=O) groups excluding carboxylic acids is 10. The number of carbonyl (C=O) groups is 12. The van der Waals surface area contributed by atoms with E-state index < -0.39 is 163 Å². The number of hydrogen-bond donors (Lipinski definition) is 14. The highest BCUT2D eigenvalue weighted by Gasteiger charge is 2.41. The van der Waals surface area contributed by atoms with Crippen LogP contribution in [0.2, 0.25) is 0 Å². The standard InChI is InChI=1S/C47H73N11O16/c1-8-23(6)37(56-42(68)29(17-25-11-13-26(60)14-12-25)51-39(65)27(48)18-35(63)64)44(70)53-31(20-34(50)62)43(69)57-38(24(7)59)45(71)54-30(19-33(49)61)40(66)52-28(16-21(2)3)41(67)55-36(22(4)5)46(72)58-15-9-10-32(58)47(73)74/h11-14,21-24,27-32,36-38,59-60H,8-10,15-20,48H2,1-7H3,(H2,49,61)(H2,50,62)(H,51,65)(H,52,66)(H,53,70)(H,54,71)(H,55,67)(H,56,68)(H,57,69)(H,63,64)(H,73,74)/t23-,24+,27-,28-,29-,30-,31-,32-,36-,37-,38-/m0/s1. The third-order valence-corrected chi connectivity index (χ3v) is 12.1. The number of nitrogens with zero attached hydrogens (tertiary/aromatic N) is 1. The maximum atomic E-state index is 14.0. The van der Waals surface area contributed by atoms with Crippen LogP contribution in [0.3, 0.4) is 0 Å². The number of aliphatic carboxylic acids is 2. The normalized spacial score (nSPS) is 17.3. The number of nitrogens with one attached hydrogen (secondary N) is 7. The number of carboxylic acid groups (broad SMARTS) is 2. The average Bonchev–Trinajstić information content (AvgIpc) is 3.80. The molecule has 10 amide bonds. The van der Waals surface area contributed by atoms with Gasteiger partial charge < -0.3 is 79.7 Å². The van der Waals surface area contributed by atoms with Crippen molar-refractivity contribution in [1.29, 1.82) is 0 Å². The molecule has 412 valence electrons. The van der Waals surface area contributed by atoms with Crippen LogP contribution in [0.5, 0.6) is 5.75 Å². The van der Waals surface area contributed by atoms with Crippen LogP contribution in [0.4, 0.5) is 0 Å². The molecule has 1 heterocycles. The topological polar surface area (TPSA) is 451 Å². The fraction of sp³-hybridized carbons (Fsp3) is 0.617. The molecule has 1 aromatic rings. The number of aliphatic hydroxyl groups is 1. The van der Waals surface area contributed by atoms with Crippen LogP contribution in [0.1, 0.15) is 99.0 Å². The summed E-state index contributed by atoms with van der Waals surface area (Å²) < 4.78 is 0. The minimum Gasteiger partial charge on any atom is -0.508 e. The fourth-order valence-corrected chi connectivity index (χ4v) is 7.80. The lowest BCUT2D eigenvalue weighted by Gasteiger charge is -2.31. The minimum absolute atomic E-state index is 0.0313. The molecule has 0 unspecified atom stereocenters. The first kappa shape index (κ1) is 62.7. The van der Waals surface area contributed by atoms with E-state index in [9.17, 15) is 72.9 Å². The highest BCUT2D eigenvalue weighted by atomic mass is 16.4. The van der Waals surface area contributed by atoms with Crippen molar-refractivity contribution in [2.75, 3.05) is 6.54 Å². The molecular weight excluding hydrogens is 975 g/mol. The summed E-state index contributed by atoms with van der Waals surface area (Å²) in [5.74, 6) is -14.7. The molecule has 0 saturated carbocycles. The Morgan fingerprint density at radius 3 is 1.55 bits per heavy atom. The minimum atomic E-state index is -1.98. The zero-order valence-electron chi connectivity index (χ0n) is 42.5. The van der Waals surface area contributed by atoms with Gasteiger partial charge in [0, 0.05) is 13.0 Å². The van der Waals surface area contributed by atoms with E-state index in [1.807, 2.05) is 0 Å². The molecule has 0 aromatic heterocycles. The highest BCUT2D eigenvalue weighted by Crippen LogP contribution is 2.21. The van der Waals surface area contributed by atoms with Crippen molar-refractivity contribution in [2.24, 2.45) is 35.0 Å². The summed E-state index contributed by atoms with van der Waals surface area (Å²) in [5.41, 5.74) is 17.0. The molecule has 27 nitrogen and oxygen atoms in total. The predicted octanol–water partition coefficient (Wildman–Crippen LogP) is -3.91. The Labute approximate surface area is 427 Å². The monoisotopic (exact) mass is 1050 g/mol. The van der Waals surface area contributed by atoms with Gasteiger partial charge in [-0.15, -0.1) is 0 Å². The van der Waals surface area contributed by atoms with Crippen molar-refractivity contribution < 1.29 is 78.0 Å². The molecule has 74 heavy (non-hydrogen) atoms.